The van der Waals surface area contributed by atoms with Crippen molar-refractivity contribution >= 4 is 28.4 Å². The van der Waals surface area contributed by atoms with Gasteiger partial charge in [-0.05, 0) is 29.0 Å². The van der Waals surface area contributed by atoms with E-state index in [1.54, 1.807) is 0 Å². The van der Waals surface area contributed by atoms with Crippen LogP contribution in [0, 0.1) is 3.57 Å². The first-order valence-corrected chi connectivity index (χ1v) is 6.80. The zero-order valence-electron chi connectivity index (χ0n) is 9.38. The molecule has 0 aliphatic heterocycles. The van der Waals surface area contributed by atoms with Crippen LogP contribution < -0.4 is 5.73 Å². The van der Waals surface area contributed by atoms with Gasteiger partial charge in [0.15, 0.2) is 0 Å². The minimum atomic E-state index is 0.809. The molecule has 0 saturated heterocycles. The van der Waals surface area contributed by atoms with E-state index in [-0.39, 0.29) is 0 Å². The zero-order chi connectivity index (χ0) is 11.1. The van der Waals surface area contributed by atoms with Gasteiger partial charge in [-0.25, -0.2) is 4.68 Å². The Bertz CT molecular complexity index is 283. The lowest BCUT2D eigenvalue weighted by Gasteiger charge is -2.04. The molecule has 0 radical (unpaired) electrons. The van der Waals surface area contributed by atoms with E-state index >= 15 is 0 Å². The largest absolute Gasteiger partial charge is 0.383 e. The van der Waals surface area contributed by atoms with Gasteiger partial charge in [0.1, 0.15) is 5.82 Å². The summed E-state index contributed by atoms with van der Waals surface area (Å²) in [4.78, 5) is 0. The maximum Gasteiger partial charge on any atom is 0.135 e. The molecule has 1 aromatic rings. The molecule has 0 aliphatic rings. The first kappa shape index (κ1) is 12.8. The molecule has 1 aromatic heterocycles. The molecule has 0 atom stereocenters. The summed E-state index contributed by atoms with van der Waals surface area (Å²) in [7, 11) is 0. The zero-order valence-corrected chi connectivity index (χ0v) is 11.5. The van der Waals surface area contributed by atoms with Crippen LogP contribution in [0.5, 0.6) is 0 Å². The van der Waals surface area contributed by atoms with Gasteiger partial charge in [-0.15, -0.1) is 0 Å². The van der Waals surface area contributed by atoms with Crippen molar-refractivity contribution in [3.05, 3.63) is 9.77 Å². The summed E-state index contributed by atoms with van der Waals surface area (Å²) in [5.74, 6) is 0.809. The number of hydrogen-bond donors (Lipinski definition) is 1. The van der Waals surface area contributed by atoms with Crippen LogP contribution in [0.3, 0.4) is 0 Å². The summed E-state index contributed by atoms with van der Waals surface area (Å²) >= 11 is 2.22. The van der Waals surface area contributed by atoms with Gasteiger partial charge in [-0.2, -0.15) is 5.10 Å². The average Bonchev–Trinajstić information content (AvgIpc) is 2.54. The summed E-state index contributed by atoms with van der Waals surface area (Å²) in [6, 6.07) is 0. The Balaban J connectivity index is 2.12. The molecule has 86 valence electrons. The molecule has 15 heavy (non-hydrogen) atoms. The molecular weight excluding hydrogens is 301 g/mol. The first-order valence-electron chi connectivity index (χ1n) is 5.72. The molecule has 0 amide bonds. The predicted molar refractivity (Wildman–Crippen MR) is 72.7 cm³/mol. The fraction of sp³-hybridized carbons (Fsp3) is 0.727. The number of rotatable bonds is 7. The van der Waals surface area contributed by atoms with Crippen LogP contribution in [-0.4, -0.2) is 9.78 Å². The average molecular weight is 321 g/mol. The maximum atomic E-state index is 5.86. The van der Waals surface area contributed by atoms with E-state index in [0.29, 0.717) is 0 Å². The Labute approximate surface area is 106 Å². The molecule has 0 bridgehead atoms. The fourth-order valence-corrected chi connectivity index (χ4v) is 2.00. The third-order valence-corrected chi connectivity index (χ3v) is 3.39. The van der Waals surface area contributed by atoms with Crippen molar-refractivity contribution in [1.82, 2.24) is 9.78 Å². The molecule has 3 nitrogen and oxygen atoms in total. The highest BCUT2D eigenvalue weighted by molar-refractivity contribution is 14.1. The molecule has 0 aromatic carbocycles. The number of aryl methyl sites for hydroxylation is 1. The Hall–Kier alpha value is -0.260. The van der Waals surface area contributed by atoms with Gasteiger partial charge >= 0.3 is 0 Å². The van der Waals surface area contributed by atoms with Crippen molar-refractivity contribution in [3.63, 3.8) is 0 Å². The van der Waals surface area contributed by atoms with E-state index < -0.39 is 0 Å². The summed E-state index contributed by atoms with van der Waals surface area (Å²) in [6.45, 7) is 3.20. The maximum absolute atomic E-state index is 5.86. The summed E-state index contributed by atoms with van der Waals surface area (Å²) in [5.41, 5.74) is 5.86. The Morgan fingerprint density at radius 2 is 1.93 bits per heavy atom. The molecule has 1 rings (SSSR count). The molecule has 1 heterocycles. The van der Waals surface area contributed by atoms with Gasteiger partial charge in [-0.1, -0.05) is 39.0 Å². The van der Waals surface area contributed by atoms with Gasteiger partial charge in [0, 0.05) is 6.54 Å². The highest BCUT2D eigenvalue weighted by Gasteiger charge is 2.02. The van der Waals surface area contributed by atoms with Crippen LogP contribution in [0.4, 0.5) is 5.82 Å². The summed E-state index contributed by atoms with van der Waals surface area (Å²) < 4.78 is 2.96. The number of hydrogen-bond acceptors (Lipinski definition) is 2. The van der Waals surface area contributed by atoms with Gasteiger partial charge in [0.25, 0.3) is 0 Å². The van der Waals surface area contributed by atoms with E-state index in [1.807, 2.05) is 10.9 Å². The second-order valence-electron chi connectivity index (χ2n) is 3.87. The summed E-state index contributed by atoms with van der Waals surface area (Å²) in [5, 5.41) is 4.23. The van der Waals surface area contributed by atoms with E-state index in [2.05, 4.69) is 34.6 Å². The van der Waals surface area contributed by atoms with Crippen molar-refractivity contribution in [1.29, 1.82) is 0 Å². The normalized spacial score (nSPS) is 10.8. The van der Waals surface area contributed by atoms with Crippen molar-refractivity contribution in [2.45, 2.75) is 52.0 Å². The molecule has 0 unspecified atom stereocenters. The van der Waals surface area contributed by atoms with Crippen LogP contribution in [0.25, 0.3) is 0 Å². The Morgan fingerprint density at radius 1 is 1.27 bits per heavy atom. The number of halogens is 1. The number of nitrogens with two attached hydrogens (primary N) is 1. The molecule has 0 spiro atoms. The number of unbranched alkanes of at least 4 members (excludes halogenated alkanes) is 5. The minimum absolute atomic E-state index is 0.809. The number of aromatic nitrogens is 2. The van der Waals surface area contributed by atoms with Crippen LogP contribution in [0.15, 0.2) is 6.20 Å². The second kappa shape index (κ2) is 7.09. The predicted octanol–water partition coefficient (Wildman–Crippen LogP) is 3.43. The van der Waals surface area contributed by atoms with Crippen molar-refractivity contribution in [3.8, 4) is 0 Å². The monoisotopic (exact) mass is 321 g/mol. The van der Waals surface area contributed by atoms with Crippen LogP contribution >= 0.6 is 22.6 Å². The number of nitrogens with zero attached hydrogens (tertiary/aromatic N) is 2. The highest BCUT2D eigenvalue weighted by Crippen LogP contribution is 2.14. The second-order valence-corrected chi connectivity index (χ2v) is 5.03. The number of nitrogen functional groups attached to an aromatic ring is 1. The van der Waals surface area contributed by atoms with Crippen molar-refractivity contribution < 1.29 is 0 Å². The topological polar surface area (TPSA) is 43.8 Å². The third-order valence-electron chi connectivity index (χ3n) is 2.56. The Kier molecular flexibility index (Phi) is 6.05. The Morgan fingerprint density at radius 3 is 2.53 bits per heavy atom. The van der Waals surface area contributed by atoms with E-state index in [1.165, 1.54) is 38.5 Å². The van der Waals surface area contributed by atoms with E-state index in [9.17, 15) is 0 Å². The van der Waals surface area contributed by atoms with Gasteiger partial charge in [0.2, 0.25) is 0 Å². The quantitative estimate of drug-likeness (QED) is 0.618. The van der Waals surface area contributed by atoms with Crippen LogP contribution in [0.2, 0.25) is 0 Å². The van der Waals surface area contributed by atoms with Crippen LogP contribution in [-0.2, 0) is 6.54 Å². The SMILES string of the molecule is CCCCCCCCn1ncc(I)c1N. The summed E-state index contributed by atoms with van der Waals surface area (Å²) in [6.07, 6.45) is 9.68. The third kappa shape index (κ3) is 4.40. The highest BCUT2D eigenvalue weighted by atomic mass is 127. The lowest BCUT2D eigenvalue weighted by atomic mass is 10.1. The van der Waals surface area contributed by atoms with Crippen molar-refractivity contribution in [2.24, 2.45) is 0 Å². The fourth-order valence-electron chi connectivity index (χ4n) is 1.59. The van der Waals surface area contributed by atoms with E-state index in [4.69, 9.17) is 5.73 Å². The van der Waals surface area contributed by atoms with Gasteiger partial charge in [-0.3, -0.25) is 0 Å². The lowest BCUT2D eigenvalue weighted by molar-refractivity contribution is 0.532. The van der Waals surface area contributed by atoms with E-state index in [0.717, 1.165) is 15.9 Å². The minimum Gasteiger partial charge on any atom is -0.383 e. The number of anilines is 1. The van der Waals surface area contributed by atoms with Gasteiger partial charge < -0.3 is 5.73 Å². The molecule has 2 N–H and O–H groups in total. The molecule has 4 heteroatoms. The van der Waals surface area contributed by atoms with Gasteiger partial charge in [0.05, 0.1) is 9.77 Å². The molecule has 0 saturated carbocycles. The molecular formula is C11H20IN3. The first-order chi connectivity index (χ1) is 7.25. The standard InChI is InChI=1S/C11H20IN3/c1-2-3-4-5-6-7-8-15-11(13)10(12)9-14-15/h9H,2-8,13H2,1H3. The van der Waals surface area contributed by atoms with Crippen molar-refractivity contribution in [2.75, 3.05) is 5.73 Å². The lowest BCUT2D eigenvalue weighted by Crippen LogP contribution is -2.05. The smallest absolute Gasteiger partial charge is 0.135 e. The molecule has 0 aliphatic carbocycles. The van der Waals surface area contributed by atoms with Crippen LogP contribution in [0.1, 0.15) is 45.4 Å². The molecule has 0 fully saturated rings.